The van der Waals surface area contributed by atoms with E-state index in [0.717, 1.165) is 11.1 Å². The number of phenols is 1. The second-order valence-electron chi connectivity index (χ2n) is 3.23. The predicted octanol–water partition coefficient (Wildman–Crippen LogP) is 3.06. The van der Waals surface area contributed by atoms with Crippen molar-refractivity contribution in [1.82, 2.24) is 0 Å². The molecule has 0 atom stereocenters. The topological polar surface area (TPSA) is 20.2 Å². The molecule has 0 radical (unpaired) electrons. The minimum Gasteiger partial charge on any atom is -0.508 e. The van der Waals surface area contributed by atoms with Crippen molar-refractivity contribution < 1.29 is 5.11 Å². The Hall–Kier alpha value is -1.24. The van der Waals surface area contributed by atoms with Gasteiger partial charge in [0, 0.05) is 0 Å². The number of hydrogen-bond acceptors (Lipinski definition) is 1. The number of phenolic OH excluding ortho intramolecular Hbond substituents is 1. The van der Waals surface area contributed by atoms with Crippen LogP contribution in [0.25, 0.3) is 5.57 Å². The molecule has 0 unspecified atom stereocenters. The fourth-order valence-electron chi connectivity index (χ4n) is 1.01. The molecule has 0 aliphatic heterocycles. The number of benzene rings is 1. The molecule has 1 rings (SSSR count). The first kappa shape index (κ1) is 8.85. The van der Waals surface area contributed by atoms with Gasteiger partial charge in [-0.2, -0.15) is 0 Å². The molecule has 0 spiro atoms. The summed E-state index contributed by atoms with van der Waals surface area (Å²) in [7, 11) is 0. The highest BCUT2D eigenvalue weighted by molar-refractivity contribution is 5.65. The van der Waals surface area contributed by atoms with Gasteiger partial charge in [-0.05, 0) is 29.2 Å². The fourth-order valence-corrected chi connectivity index (χ4v) is 1.01. The monoisotopic (exact) mass is 162 g/mol. The van der Waals surface area contributed by atoms with Crippen molar-refractivity contribution in [3.05, 3.63) is 36.4 Å². The van der Waals surface area contributed by atoms with Crippen LogP contribution in [0.2, 0.25) is 0 Å². The van der Waals surface area contributed by atoms with Gasteiger partial charge in [-0.15, -0.1) is 0 Å². The molecule has 0 saturated heterocycles. The highest BCUT2D eigenvalue weighted by Crippen LogP contribution is 2.22. The Balaban J connectivity index is 2.90. The summed E-state index contributed by atoms with van der Waals surface area (Å²) in [5.74, 6) is 0.754. The molecular formula is C11H14O. The maximum absolute atomic E-state index is 9.05. The number of hydrogen-bond donors (Lipinski definition) is 1. The lowest BCUT2D eigenvalue weighted by atomic mass is 9.97. The largest absolute Gasteiger partial charge is 0.508 e. The molecule has 12 heavy (non-hydrogen) atoms. The molecule has 0 bridgehead atoms. The molecule has 0 fully saturated rings. The van der Waals surface area contributed by atoms with E-state index in [1.165, 1.54) is 0 Å². The summed E-state index contributed by atoms with van der Waals surface area (Å²) < 4.78 is 0. The zero-order valence-corrected chi connectivity index (χ0v) is 7.54. The average molecular weight is 162 g/mol. The molecule has 1 nitrogen and oxygen atoms in total. The second-order valence-corrected chi connectivity index (χ2v) is 3.23. The normalized spacial score (nSPS) is 10.2. The molecule has 1 aromatic rings. The molecule has 0 amide bonds. The standard InChI is InChI=1S/C11H14O/c1-8(2)9(3)10-4-6-11(12)7-5-10/h4-8,12H,3H2,1-2H3. The third kappa shape index (κ3) is 1.88. The zero-order valence-electron chi connectivity index (χ0n) is 7.54. The third-order valence-corrected chi connectivity index (χ3v) is 1.94. The first-order valence-corrected chi connectivity index (χ1v) is 4.09. The van der Waals surface area contributed by atoms with E-state index in [0.29, 0.717) is 11.7 Å². The molecule has 0 heterocycles. The highest BCUT2D eigenvalue weighted by atomic mass is 16.3. The minimum absolute atomic E-state index is 0.301. The first-order valence-electron chi connectivity index (χ1n) is 4.09. The van der Waals surface area contributed by atoms with Crippen LogP contribution in [0.3, 0.4) is 0 Å². The molecule has 0 aromatic heterocycles. The van der Waals surface area contributed by atoms with Gasteiger partial charge in [0.2, 0.25) is 0 Å². The van der Waals surface area contributed by atoms with Gasteiger partial charge in [-0.25, -0.2) is 0 Å². The van der Waals surface area contributed by atoms with Gasteiger partial charge in [0.25, 0.3) is 0 Å². The third-order valence-electron chi connectivity index (χ3n) is 1.94. The maximum atomic E-state index is 9.05. The second kappa shape index (κ2) is 3.44. The molecular weight excluding hydrogens is 148 g/mol. The Labute approximate surface area is 73.4 Å². The molecule has 0 aliphatic rings. The van der Waals surface area contributed by atoms with Crippen LogP contribution in [0.15, 0.2) is 30.8 Å². The first-order chi connectivity index (χ1) is 5.61. The van der Waals surface area contributed by atoms with Crippen molar-refractivity contribution >= 4 is 5.57 Å². The van der Waals surface area contributed by atoms with E-state index >= 15 is 0 Å². The van der Waals surface area contributed by atoms with E-state index in [2.05, 4.69) is 20.4 Å². The van der Waals surface area contributed by atoms with Crippen molar-refractivity contribution in [2.24, 2.45) is 5.92 Å². The summed E-state index contributed by atoms with van der Waals surface area (Å²) in [6.45, 7) is 8.19. The minimum atomic E-state index is 0.301. The van der Waals surface area contributed by atoms with Crippen molar-refractivity contribution in [2.45, 2.75) is 13.8 Å². The van der Waals surface area contributed by atoms with Crippen LogP contribution in [-0.2, 0) is 0 Å². The van der Waals surface area contributed by atoms with Gasteiger partial charge in [0.15, 0.2) is 0 Å². The van der Waals surface area contributed by atoms with Crippen LogP contribution < -0.4 is 0 Å². The molecule has 64 valence electrons. The SMILES string of the molecule is C=C(c1ccc(O)cc1)C(C)C. The Kier molecular flexibility index (Phi) is 2.54. The zero-order chi connectivity index (χ0) is 9.14. The maximum Gasteiger partial charge on any atom is 0.115 e. The van der Waals surface area contributed by atoms with E-state index in [1.54, 1.807) is 12.1 Å². The van der Waals surface area contributed by atoms with Crippen LogP contribution in [0.4, 0.5) is 0 Å². The molecule has 1 N–H and O–H groups in total. The van der Waals surface area contributed by atoms with Crippen LogP contribution in [0.5, 0.6) is 5.75 Å². The summed E-state index contributed by atoms with van der Waals surface area (Å²) >= 11 is 0. The lowest BCUT2D eigenvalue weighted by molar-refractivity contribution is 0.475. The van der Waals surface area contributed by atoms with Crippen LogP contribution in [0, 0.1) is 5.92 Å². The van der Waals surface area contributed by atoms with Crippen LogP contribution in [0.1, 0.15) is 19.4 Å². The molecule has 1 heteroatoms. The molecule has 0 aliphatic carbocycles. The van der Waals surface area contributed by atoms with Crippen molar-refractivity contribution in [3.8, 4) is 5.75 Å². The van der Waals surface area contributed by atoms with Gasteiger partial charge in [0.05, 0.1) is 0 Å². The van der Waals surface area contributed by atoms with Crippen molar-refractivity contribution in [1.29, 1.82) is 0 Å². The van der Waals surface area contributed by atoms with E-state index in [4.69, 9.17) is 5.11 Å². The quantitative estimate of drug-likeness (QED) is 0.708. The van der Waals surface area contributed by atoms with Gasteiger partial charge in [-0.1, -0.05) is 32.6 Å². The van der Waals surface area contributed by atoms with Gasteiger partial charge in [0.1, 0.15) is 5.75 Å². The highest BCUT2D eigenvalue weighted by Gasteiger charge is 2.02. The number of allylic oxidation sites excluding steroid dienone is 1. The Bertz CT molecular complexity index is 270. The van der Waals surface area contributed by atoms with E-state index in [-0.39, 0.29) is 0 Å². The predicted molar refractivity (Wildman–Crippen MR) is 52.0 cm³/mol. The number of aromatic hydroxyl groups is 1. The smallest absolute Gasteiger partial charge is 0.115 e. The summed E-state index contributed by atoms with van der Waals surface area (Å²) in [4.78, 5) is 0. The van der Waals surface area contributed by atoms with Crippen LogP contribution in [-0.4, -0.2) is 5.11 Å². The lowest BCUT2D eigenvalue weighted by Crippen LogP contribution is -1.90. The van der Waals surface area contributed by atoms with Gasteiger partial charge < -0.3 is 5.11 Å². The molecule has 0 saturated carbocycles. The summed E-state index contributed by atoms with van der Waals surface area (Å²) in [6.07, 6.45) is 0. The van der Waals surface area contributed by atoms with Crippen molar-refractivity contribution in [3.63, 3.8) is 0 Å². The van der Waals surface area contributed by atoms with E-state index < -0.39 is 0 Å². The lowest BCUT2D eigenvalue weighted by Gasteiger charge is -2.08. The Morgan fingerprint density at radius 1 is 1.25 bits per heavy atom. The Morgan fingerprint density at radius 3 is 2.17 bits per heavy atom. The van der Waals surface area contributed by atoms with Gasteiger partial charge >= 0.3 is 0 Å². The fraction of sp³-hybridized carbons (Fsp3) is 0.273. The van der Waals surface area contributed by atoms with E-state index in [9.17, 15) is 0 Å². The van der Waals surface area contributed by atoms with E-state index in [1.807, 2.05) is 12.1 Å². The summed E-state index contributed by atoms with van der Waals surface area (Å²) in [6, 6.07) is 7.14. The molecule has 1 aromatic carbocycles. The number of rotatable bonds is 2. The van der Waals surface area contributed by atoms with Gasteiger partial charge in [-0.3, -0.25) is 0 Å². The summed E-state index contributed by atoms with van der Waals surface area (Å²) in [5.41, 5.74) is 2.21. The summed E-state index contributed by atoms with van der Waals surface area (Å²) in [5, 5.41) is 9.05. The average Bonchev–Trinajstić information content (AvgIpc) is 2.04. The Morgan fingerprint density at radius 2 is 1.75 bits per heavy atom. The van der Waals surface area contributed by atoms with Crippen LogP contribution >= 0.6 is 0 Å². The van der Waals surface area contributed by atoms with Crippen molar-refractivity contribution in [2.75, 3.05) is 0 Å².